The summed E-state index contributed by atoms with van der Waals surface area (Å²) in [4.78, 5) is 27.2. The highest BCUT2D eigenvalue weighted by atomic mass is 19.1. The van der Waals surface area contributed by atoms with Gasteiger partial charge in [-0.15, -0.1) is 0 Å². The van der Waals surface area contributed by atoms with Crippen molar-refractivity contribution in [3.63, 3.8) is 0 Å². The van der Waals surface area contributed by atoms with Crippen LogP contribution in [-0.4, -0.2) is 36.3 Å². The van der Waals surface area contributed by atoms with E-state index in [1.807, 2.05) is 13.8 Å². The van der Waals surface area contributed by atoms with Gasteiger partial charge < -0.3 is 10.2 Å². The molecular weight excluding hydrogens is 362 g/mol. The van der Waals surface area contributed by atoms with E-state index in [9.17, 15) is 18.4 Å². The zero-order valence-electron chi connectivity index (χ0n) is 16.0. The second kappa shape index (κ2) is 8.50. The fraction of sp³-hybridized carbons (Fsp3) is 0.364. The standard InChI is InChI=1S/C22H24F2N2O2/c1-14(2)11-25-21(27)20-13-26(22(28)15-6-8-17(23)9-7-15)12-19(20)16-4-3-5-18(24)10-16/h3-10,14,19-20H,11-13H2,1-2H3,(H,25,27). The van der Waals surface area contributed by atoms with Crippen molar-refractivity contribution in [2.75, 3.05) is 19.6 Å². The molecule has 2 aromatic carbocycles. The zero-order valence-corrected chi connectivity index (χ0v) is 16.0. The minimum Gasteiger partial charge on any atom is -0.356 e. The number of benzene rings is 2. The molecule has 1 aliphatic heterocycles. The number of likely N-dealkylation sites (tertiary alicyclic amines) is 1. The summed E-state index contributed by atoms with van der Waals surface area (Å²) in [6.45, 7) is 5.09. The summed E-state index contributed by atoms with van der Waals surface area (Å²) in [5.41, 5.74) is 1.06. The molecule has 1 N–H and O–H groups in total. The first kappa shape index (κ1) is 20.0. The van der Waals surface area contributed by atoms with Gasteiger partial charge in [0, 0.05) is 31.1 Å². The van der Waals surface area contributed by atoms with E-state index in [-0.39, 0.29) is 30.1 Å². The third-order valence-corrected chi connectivity index (χ3v) is 5.00. The van der Waals surface area contributed by atoms with E-state index >= 15 is 0 Å². The predicted octanol–water partition coefficient (Wildman–Crippen LogP) is 3.59. The first-order valence-electron chi connectivity index (χ1n) is 9.43. The van der Waals surface area contributed by atoms with Crippen LogP contribution in [0, 0.1) is 23.5 Å². The average Bonchev–Trinajstić information content (AvgIpc) is 3.11. The van der Waals surface area contributed by atoms with Gasteiger partial charge in [-0.25, -0.2) is 8.78 Å². The lowest BCUT2D eigenvalue weighted by molar-refractivity contribution is -0.125. The fourth-order valence-corrected chi connectivity index (χ4v) is 3.52. The molecule has 1 heterocycles. The number of halogens is 2. The van der Waals surface area contributed by atoms with Crippen LogP contribution in [0.25, 0.3) is 0 Å². The van der Waals surface area contributed by atoms with Gasteiger partial charge in [0.1, 0.15) is 11.6 Å². The summed E-state index contributed by atoms with van der Waals surface area (Å²) >= 11 is 0. The molecule has 1 saturated heterocycles. The molecule has 0 aromatic heterocycles. The Labute approximate surface area is 163 Å². The van der Waals surface area contributed by atoms with Crippen molar-refractivity contribution in [2.24, 2.45) is 11.8 Å². The number of amides is 2. The van der Waals surface area contributed by atoms with Crippen LogP contribution >= 0.6 is 0 Å². The number of nitrogens with zero attached hydrogens (tertiary/aromatic N) is 1. The van der Waals surface area contributed by atoms with Crippen molar-refractivity contribution < 1.29 is 18.4 Å². The highest BCUT2D eigenvalue weighted by Crippen LogP contribution is 2.34. The van der Waals surface area contributed by atoms with Crippen LogP contribution in [-0.2, 0) is 4.79 Å². The van der Waals surface area contributed by atoms with Gasteiger partial charge in [0.2, 0.25) is 5.91 Å². The largest absolute Gasteiger partial charge is 0.356 e. The molecule has 148 valence electrons. The number of hydrogen-bond donors (Lipinski definition) is 1. The van der Waals surface area contributed by atoms with Gasteiger partial charge in [0.15, 0.2) is 0 Å². The summed E-state index contributed by atoms with van der Waals surface area (Å²) in [5, 5.41) is 2.92. The van der Waals surface area contributed by atoms with Crippen LogP contribution in [0.15, 0.2) is 48.5 Å². The molecule has 0 bridgehead atoms. The van der Waals surface area contributed by atoms with E-state index in [2.05, 4.69) is 5.32 Å². The van der Waals surface area contributed by atoms with Crippen LogP contribution in [0.4, 0.5) is 8.78 Å². The summed E-state index contributed by atoms with van der Waals surface area (Å²) < 4.78 is 26.9. The van der Waals surface area contributed by atoms with Crippen LogP contribution in [0.5, 0.6) is 0 Å². The van der Waals surface area contributed by atoms with Crippen LogP contribution in [0.1, 0.15) is 35.7 Å². The second-order valence-electron chi connectivity index (χ2n) is 7.62. The van der Waals surface area contributed by atoms with Crippen molar-refractivity contribution in [3.05, 3.63) is 71.3 Å². The van der Waals surface area contributed by atoms with E-state index in [0.29, 0.717) is 30.1 Å². The van der Waals surface area contributed by atoms with Gasteiger partial charge in [0.25, 0.3) is 5.91 Å². The summed E-state index contributed by atoms with van der Waals surface area (Å²) in [6, 6.07) is 11.5. The Balaban J connectivity index is 1.84. The van der Waals surface area contributed by atoms with Crippen LogP contribution in [0.3, 0.4) is 0 Å². The van der Waals surface area contributed by atoms with Gasteiger partial charge in [-0.3, -0.25) is 9.59 Å². The molecule has 6 heteroatoms. The van der Waals surface area contributed by atoms with Gasteiger partial charge in [-0.2, -0.15) is 0 Å². The van der Waals surface area contributed by atoms with Crippen molar-refractivity contribution in [3.8, 4) is 0 Å². The van der Waals surface area contributed by atoms with Gasteiger partial charge in [-0.1, -0.05) is 26.0 Å². The number of hydrogen-bond acceptors (Lipinski definition) is 2. The molecule has 0 spiro atoms. The topological polar surface area (TPSA) is 49.4 Å². The van der Waals surface area contributed by atoms with E-state index in [1.54, 1.807) is 17.0 Å². The summed E-state index contributed by atoms with van der Waals surface area (Å²) in [7, 11) is 0. The number of carbonyl (C=O) groups is 2. The highest BCUT2D eigenvalue weighted by Gasteiger charge is 2.40. The SMILES string of the molecule is CC(C)CNC(=O)C1CN(C(=O)c2ccc(F)cc2)CC1c1cccc(F)c1. The normalized spacial score (nSPS) is 19.1. The lowest BCUT2D eigenvalue weighted by Crippen LogP contribution is -2.37. The first-order chi connectivity index (χ1) is 13.3. The number of nitrogens with one attached hydrogen (secondary N) is 1. The third-order valence-electron chi connectivity index (χ3n) is 5.00. The molecule has 0 aliphatic carbocycles. The monoisotopic (exact) mass is 386 g/mol. The van der Waals surface area contributed by atoms with E-state index < -0.39 is 11.7 Å². The Kier molecular flexibility index (Phi) is 6.07. The Morgan fingerprint density at radius 3 is 2.43 bits per heavy atom. The second-order valence-corrected chi connectivity index (χ2v) is 7.62. The lowest BCUT2D eigenvalue weighted by atomic mass is 9.88. The lowest BCUT2D eigenvalue weighted by Gasteiger charge is -2.19. The molecule has 2 unspecified atom stereocenters. The minimum absolute atomic E-state index is 0.141. The molecule has 2 atom stereocenters. The Bertz CT molecular complexity index is 852. The van der Waals surface area contributed by atoms with Gasteiger partial charge in [0.05, 0.1) is 5.92 Å². The fourth-order valence-electron chi connectivity index (χ4n) is 3.52. The maximum atomic E-state index is 13.7. The molecule has 3 rings (SSSR count). The molecule has 0 saturated carbocycles. The van der Waals surface area contributed by atoms with Crippen molar-refractivity contribution in [2.45, 2.75) is 19.8 Å². The Morgan fingerprint density at radius 2 is 1.79 bits per heavy atom. The average molecular weight is 386 g/mol. The van der Waals surface area contributed by atoms with Crippen molar-refractivity contribution in [1.82, 2.24) is 10.2 Å². The molecule has 1 fully saturated rings. The Hall–Kier alpha value is -2.76. The first-order valence-corrected chi connectivity index (χ1v) is 9.43. The molecule has 2 aromatic rings. The maximum absolute atomic E-state index is 13.7. The van der Waals surface area contributed by atoms with Crippen LogP contribution in [0.2, 0.25) is 0 Å². The molecule has 0 radical (unpaired) electrons. The smallest absolute Gasteiger partial charge is 0.253 e. The molecule has 28 heavy (non-hydrogen) atoms. The molecule has 1 aliphatic rings. The molecule has 4 nitrogen and oxygen atoms in total. The predicted molar refractivity (Wildman–Crippen MR) is 103 cm³/mol. The summed E-state index contributed by atoms with van der Waals surface area (Å²) in [6.07, 6.45) is 0. The minimum atomic E-state index is -0.468. The number of carbonyl (C=O) groups excluding carboxylic acids is 2. The quantitative estimate of drug-likeness (QED) is 0.854. The molecule has 2 amide bonds. The van der Waals surface area contributed by atoms with Crippen molar-refractivity contribution in [1.29, 1.82) is 0 Å². The third kappa shape index (κ3) is 4.55. The zero-order chi connectivity index (χ0) is 20.3. The van der Waals surface area contributed by atoms with E-state index in [1.165, 1.54) is 36.4 Å². The highest BCUT2D eigenvalue weighted by molar-refractivity contribution is 5.95. The maximum Gasteiger partial charge on any atom is 0.253 e. The van der Waals surface area contributed by atoms with Crippen LogP contribution < -0.4 is 5.32 Å². The number of rotatable bonds is 5. The molecular formula is C22H24F2N2O2. The van der Waals surface area contributed by atoms with E-state index in [4.69, 9.17) is 0 Å². The van der Waals surface area contributed by atoms with Gasteiger partial charge >= 0.3 is 0 Å². The van der Waals surface area contributed by atoms with E-state index in [0.717, 1.165) is 0 Å². The van der Waals surface area contributed by atoms with Gasteiger partial charge in [-0.05, 0) is 47.9 Å². The van der Waals surface area contributed by atoms with Crippen molar-refractivity contribution >= 4 is 11.8 Å². The summed E-state index contributed by atoms with van der Waals surface area (Å²) in [5.74, 6) is -1.66. The Morgan fingerprint density at radius 1 is 1.07 bits per heavy atom.